The summed E-state index contributed by atoms with van der Waals surface area (Å²) in [6.07, 6.45) is 3.34. The highest BCUT2D eigenvalue weighted by Crippen LogP contribution is 2.07. The van der Waals surface area contributed by atoms with Crippen molar-refractivity contribution >= 4 is 18.1 Å². The maximum atomic E-state index is 4.12. The van der Waals surface area contributed by atoms with Gasteiger partial charge in [-0.1, -0.05) is 18.2 Å². The molecule has 1 aromatic carbocycles. The minimum absolute atomic E-state index is 0.951. The van der Waals surface area contributed by atoms with Crippen molar-refractivity contribution < 1.29 is 0 Å². The van der Waals surface area contributed by atoms with E-state index in [0.717, 1.165) is 5.69 Å². The molecule has 2 heteroatoms. The zero-order valence-electron chi connectivity index (χ0n) is 6.44. The minimum atomic E-state index is 0.951. The van der Waals surface area contributed by atoms with E-state index in [1.54, 1.807) is 19.5 Å². The van der Waals surface area contributed by atoms with Gasteiger partial charge in [0, 0.05) is 19.5 Å². The summed E-state index contributed by atoms with van der Waals surface area (Å²) in [7, 11) is 1.72. The quantitative estimate of drug-likeness (QED) is 0.571. The smallest absolute Gasteiger partial charge is 0.0630 e. The summed E-state index contributed by atoms with van der Waals surface area (Å²) in [5.41, 5.74) is 0.951. The van der Waals surface area contributed by atoms with Gasteiger partial charge in [-0.3, -0.25) is 9.98 Å². The van der Waals surface area contributed by atoms with Crippen molar-refractivity contribution in [3.63, 3.8) is 0 Å². The van der Waals surface area contributed by atoms with Crippen LogP contribution in [0.5, 0.6) is 0 Å². The molecule has 0 saturated heterocycles. The third kappa shape index (κ3) is 2.76. The predicted molar refractivity (Wildman–Crippen MR) is 49.0 cm³/mol. The van der Waals surface area contributed by atoms with Crippen molar-refractivity contribution in [1.29, 1.82) is 0 Å². The molecular weight excluding hydrogens is 136 g/mol. The van der Waals surface area contributed by atoms with Crippen LogP contribution in [0.25, 0.3) is 0 Å². The van der Waals surface area contributed by atoms with Crippen LogP contribution in [0, 0.1) is 0 Å². The number of aliphatic imine (C=N–C) groups is 2. The van der Waals surface area contributed by atoms with Crippen LogP contribution in [0.3, 0.4) is 0 Å². The van der Waals surface area contributed by atoms with Crippen LogP contribution in [-0.2, 0) is 0 Å². The van der Waals surface area contributed by atoms with E-state index >= 15 is 0 Å². The average molecular weight is 146 g/mol. The van der Waals surface area contributed by atoms with Crippen LogP contribution in [-0.4, -0.2) is 19.5 Å². The second-order valence-electron chi connectivity index (χ2n) is 2.02. The lowest BCUT2D eigenvalue weighted by atomic mass is 10.3. The molecule has 0 amide bonds. The number of benzene rings is 1. The van der Waals surface area contributed by atoms with Gasteiger partial charge in [0.1, 0.15) is 0 Å². The van der Waals surface area contributed by atoms with Gasteiger partial charge in [-0.25, -0.2) is 0 Å². The monoisotopic (exact) mass is 146 g/mol. The summed E-state index contributed by atoms with van der Waals surface area (Å²) in [6.45, 7) is 0. The zero-order chi connectivity index (χ0) is 7.94. The Morgan fingerprint density at radius 1 is 1.09 bits per heavy atom. The lowest BCUT2D eigenvalue weighted by Gasteiger charge is -1.87. The Bertz CT molecular complexity index is 250. The van der Waals surface area contributed by atoms with Gasteiger partial charge in [0.25, 0.3) is 0 Å². The van der Waals surface area contributed by atoms with Gasteiger partial charge in [0.05, 0.1) is 5.69 Å². The summed E-state index contributed by atoms with van der Waals surface area (Å²) >= 11 is 0. The summed E-state index contributed by atoms with van der Waals surface area (Å²) in [5.74, 6) is 0. The maximum Gasteiger partial charge on any atom is 0.0630 e. The molecule has 56 valence electrons. The molecule has 2 nitrogen and oxygen atoms in total. The first-order chi connectivity index (χ1) is 5.43. The second kappa shape index (κ2) is 4.39. The molecule has 0 unspecified atom stereocenters. The largest absolute Gasteiger partial charge is 0.295 e. The number of hydrogen-bond acceptors (Lipinski definition) is 2. The second-order valence-corrected chi connectivity index (χ2v) is 2.02. The predicted octanol–water partition coefficient (Wildman–Crippen LogP) is 2.09. The van der Waals surface area contributed by atoms with Crippen molar-refractivity contribution in [2.75, 3.05) is 7.05 Å². The van der Waals surface area contributed by atoms with E-state index < -0.39 is 0 Å². The molecular formula is C9H10N2. The highest BCUT2D eigenvalue weighted by Gasteiger charge is 1.79. The summed E-state index contributed by atoms with van der Waals surface area (Å²) in [6, 6.07) is 9.76. The van der Waals surface area contributed by atoms with Gasteiger partial charge < -0.3 is 0 Å². The Hall–Kier alpha value is -1.44. The van der Waals surface area contributed by atoms with Gasteiger partial charge >= 0.3 is 0 Å². The van der Waals surface area contributed by atoms with E-state index in [9.17, 15) is 0 Å². The van der Waals surface area contributed by atoms with Crippen molar-refractivity contribution in [2.45, 2.75) is 0 Å². The first-order valence-corrected chi connectivity index (χ1v) is 3.43. The Morgan fingerprint density at radius 2 is 1.82 bits per heavy atom. The highest BCUT2D eigenvalue weighted by atomic mass is 14.7. The van der Waals surface area contributed by atoms with Crippen LogP contribution < -0.4 is 0 Å². The molecule has 1 aromatic rings. The van der Waals surface area contributed by atoms with E-state index in [4.69, 9.17) is 0 Å². The zero-order valence-corrected chi connectivity index (χ0v) is 6.44. The molecule has 0 radical (unpaired) electrons. The number of rotatable bonds is 2. The van der Waals surface area contributed by atoms with Gasteiger partial charge in [-0.2, -0.15) is 0 Å². The Balaban J connectivity index is 2.64. The van der Waals surface area contributed by atoms with E-state index in [0.29, 0.717) is 0 Å². The molecule has 0 aliphatic carbocycles. The van der Waals surface area contributed by atoms with E-state index in [-0.39, 0.29) is 0 Å². The van der Waals surface area contributed by atoms with E-state index in [1.807, 2.05) is 30.3 Å². The molecule has 0 bridgehead atoms. The molecule has 0 spiro atoms. The first kappa shape index (κ1) is 7.66. The number of para-hydroxylation sites is 1. The molecule has 1 rings (SSSR count). The fourth-order valence-corrected chi connectivity index (χ4v) is 0.700. The van der Waals surface area contributed by atoms with E-state index in [2.05, 4.69) is 9.98 Å². The fourth-order valence-electron chi connectivity index (χ4n) is 0.700. The topological polar surface area (TPSA) is 24.7 Å². The van der Waals surface area contributed by atoms with Crippen LogP contribution in [0.15, 0.2) is 40.3 Å². The Kier molecular flexibility index (Phi) is 3.06. The molecule has 0 aromatic heterocycles. The van der Waals surface area contributed by atoms with Gasteiger partial charge in [0.15, 0.2) is 0 Å². The molecule has 0 saturated carbocycles. The number of nitrogens with zero attached hydrogens (tertiary/aromatic N) is 2. The normalized spacial score (nSPS) is 11.4. The van der Waals surface area contributed by atoms with Gasteiger partial charge in [0.2, 0.25) is 0 Å². The standard InChI is InChI=1S/C9H10N2/c1-10-7-8-11-9-5-3-2-4-6-9/h2-8H,1H3. The van der Waals surface area contributed by atoms with Gasteiger partial charge in [-0.15, -0.1) is 0 Å². The van der Waals surface area contributed by atoms with Crippen LogP contribution in [0.4, 0.5) is 5.69 Å². The Morgan fingerprint density at radius 3 is 2.45 bits per heavy atom. The van der Waals surface area contributed by atoms with E-state index in [1.165, 1.54) is 0 Å². The molecule has 0 aliphatic rings. The third-order valence-electron chi connectivity index (χ3n) is 1.20. The average Bonchev–Trinajstić information content (AvgIpc) is 2.07. The first-order valence-electron chi connectivity index (χ1n) is 3.43. The fraction of sp³-hybridized carbons (Fsp3) is 0.111. The molecule has 0 aliphatic heterocycles. The van der Waals surface area contributed by atoms with Crippen molar-refractivity contribution in [1.82, 2.24) is 0 Å². The lowest BCUT2D eigenvalue weighted by Crippen LogP contribution is -1.72. The Labute approximate surface area is 66.3 Å². The minimum Gasteiger partial charge on any atom is -0.295 e. The van der Waals surface area contributed by atoms with Crippen LogP contribution in [0.1, 0.15) is 0 Å². The third-order valence-corrected chi connectivity index (χ3v) is 1.20. The molecule has 0 N–H and O–H groups in total. The molecule has 0 fully saturated rings. The molecule has 0 atom stereocenters. The van der Waals surface area contributed by atoms with Crippen LogP contribution >= 0.6 is 0 Å². The van der Waals surface area contributed by atoms with Crippen LogP contribution in [0.2, 0.25) is 0 Å². The van der Waals surface area contributed by atoms with Crippen molar-refractivity contribution in [3.05, 3.63) is 30.3 Å². The number of hydrogen-bond donors (Lipinski definition) is 0. The highest BCUT2D eigenvalue weighted by molar-refractivity contribution is 6.16. The van der Waals surface area contributed by atoms with Crippen molar-refractivity contribution in [2.24, 2.45) is 9.98 Å². The van der Waals surface area contributed by atoms with Crippen molar-refractivity contribution in [3.8, 4) is 0 Å². The van der Waals surface area contributed by atoms with Gasteiger partial charge in [-0.05, 0) is 12.1 Å². The lowest BCUT2D eigenvalue weighted by molar-refractivity contribution is 1.48. The molecule has 0 heterocycles. The summed E-state index contributed by atoms with van der Waals surface area (Å²) < 4.78 is 0. The summed E-state index contributed by atoms with van der Waals surface area (Å²) in [5, 5.41) is 0. The maximum absolute atomic E-state index is 4.12. The summed E-state index contributed by atoms with van der Waals surface area (Å²) in [4.78, 5) is 7.90. The molecule has 11 heavy (non-hydrogen) atoms. The SMILES string of the molecule is CN=CC=Nc1ccccc1.